The minimum atomic E-state index is -0.151. The quantitative estimate of drug-likeness (QED) is 0.868. The first-order chi connectivity index (χ1) is 9.60. The molecule has 0 atom stereocenters. The number of aliphatic hydroxyl groups is 1. The molecular weight excluding hydrogens is 252 g/mol. The average Bonchev–Trinajstić information content (AvgIpc) is 2.41. The van der Waals surface area contributed by atoms with Crippen molar-refractivity contribution in [3.05, 3.63) is 30.5 Å². The number of aliphatic hydroxyl groups excluding tert-OH is 1. The van der Waals surface area contributed by atoms with Crippen LogP contribution in [0.5, 0.6) is 5.75 Å². The molecule has 0 saturated carbocycles. The second-order valence-electron chi connectivity index (χ2n) is 5.24. The van der Waals surface area contributed by atoms with E-state index in [0.29, 0.717) is 6.61 Å². The van der Waals surface area contributed by atoms with Gasteiger partial charge in [0, 0.05) is 30.5 Å². The minimum absolute atomic E-state index is 0.151. The van der Waals surface area contributed by atoms with Gasteiger partial charge in [0.25, 0.3) is 0 Å². The van der Waals surface area contributed by atoms with Crippen molar-refractivity contribution in [1.29, 1.82) is 0 Å². The molecule has 1 aliphatic heterocycles. The number of hydrogen-bond donors (Lipinski definition) is 2. The molecule has 1 fully saturated rings. The van der Waals surface area contributed by atoms with Gasteiger partial charge in [0.2, 0.25) is 0 Å². The zero-order valence-corrected chi connectivity index (χ0v) is 12.4. The summed E-state index contributed by atoms with van der Waals surface area (Å²) in [6.45, 7) is 10.2. The maximum absolute atomic E-state index is 9.58. The molecule has 1 aromatic carbocycles. The van der Waals surface area contributed by atoms with E-state index < -0.39 is 0 Å². The summed E-state index contributed by atoms with van der Waals surface area (Å²) < 4.78 is 5.71. The number of anilines is 2. The highest BCUT2D eigenvalue weighted by Gasteiger charge is 2.18. The number of hydrogen-bond acceptors (Lipinski definition) is 4. The van der Waals surface area contributed by atoms with E-state index in [2.05, 4.69) is 28.9 Å². The van der Waals surface area contributed by atoms with Crippen molar-refractivity contribution in [2.45, 2.75) is 32.8 Å². The van der Waals surface area contributed by atoms with E-state index >= 15 is 0 Å². The molecule has 2 rings (SSSR count). The first kappa shape index (κ1) is 14.7. The van der Waals surface area contributed by atoms with Crippen molar-refractivity contribution in [1.82, 2.24) is 0 Å². The lowest BCUT2D eigenvalue weighted by molar-refractivity contribution is 0.145. The fraction of sp³-hybridized carbons (Fsp3) is 0.500. The van der Waals surface area contributed by atoms with Crippen molar-refractivity contribution in [2.24, 2.45) is 0 Å². The van der Waals surface area contributed by atoms with E-state index in [1.165, 1.54) is 0 Å². The number of allylic oxidation sites excluding steroid dienone is 1. The van der Waals surface area contributed by atoms with Gasteiger partial charge in [-0.05, 0) is 38.8 Å². The van der Waals surface area contributed by atoms with Gasteiger partial charge in [-0.25, -0.2) is 0 Å². The molecule has 4 nitrogen and oxygen atoms in total. The molecular formula is C16H24N2O2. The topological polar surface area (TPSA) is 44.7 Å². The molecule has 1 aromatic rings. The summed E-state index contributed by atoms with van der Waals surface area (Å²) in [6, 6.07) is 6.18. The largest absolute Gasteiger partial charge is 0.492 e. The van der Waals surface area contributed by atoms with Gasteiger partial charge < -0.3 is 20.1 Å². The van der Waals surface area contributed by atoms with Gasteiger partial charge in [-0.2, -0.15) is 0 Å². The van der Waals surface area contributed by atoms with E-state index in [-0.39, 0.29) is 6.10 Å². The Labute approximate surface area is 121 Å². The van der Waals surface area contributed by atoms with E-state index in [1.807, 2.05) is 19.9 Å². The normalized spacial score (nSPS) is 16.1. The van der Waals surface area contributed by atoms with Crippen LogP contribution in [0.3, 0.4) is 0 Å². The van der Waals surface area contributed by atoms with Gasteiger partial charge in [-0.1, -0.05) is 6.58 Å². The Morgan fingerprint density at radius 1 is 1.45 bits per heavy atom. The Balaban J connectivity index is 2.18. The van der Waals surface area contributed by atoms with Gasteiger partial charge in [0.15, 0.2) is 0 Å². The van der Waals surface area contributed by atoms with Crippen molar-refractivity contribution < 1.29 is 9.84 Å². The Hall–Kier alpha value is -1.68. The van der Waals surface area contributed by atoms with E-state index in [0.717, 1.165) is 48.8 Å². The molecule has 0 aromatic heterocycles. The first-order valence-corrected chi connectivity index (χ1v) is 7.22. The highest BCUT2D eigenvalue weighted by Crippen LogP contribution is 2.32. The van der Waals surface area contributed by atoms with Crippen LogP contribution < -0.4 is 15.0 Å². The zero-order valence-electron chi connectivity index (χ0n) is 12.4. The Morgan fingerprint density at radius 2 is 2.15 bits per heavy atom. The number of piperidine rings is 1. The molecule has 2 N–H and O–H groups in total. The molecule has 1 aliphatic rings. The van der Waals surface area contributed by atoms with Crippen molar-refractivity contribution >= 4 is 11.4 Å². The van der Waals surface area contributed by atoms with Gasteiger partial charge in [0.1, 0.15) is 5.75 Å². The molecule has 110 valence electrons. The molecule has 0 aliphatic carbocycles. The van der Waals surface area contributed by atoms with Crippen LogP contribution >= 0.6 is 0 Å². The highest BCUT2D eigenvalue weighted by atomic mass is 16.5. The molecule has 0 unspecified atom stereocenters. The van der Waals surface area contributed by atoms with Crippen molar-refractivity contribution in [3.8, 4) is 5.75 Å². The van der Waals surface area contributed by atoms with E-state index in [9.17, 15) is 5.11 Å². The van der Waals surface area contributed by atoms with Crippen molar-refractivity contribution in [2.75, 3.05) is 29.9 Å². The molecule has 1 heterocycles. The first-order valence-electron chi connectivity index (χ1n) is 7.22. The number of rotatable bonds is 5. The second-order valence-corrected chi connectivity index (χ2v) is 5.24. The molecule has 0 radical (unpaired) electrons. The summed E-state index contributed by atoms with van der Waals surface area (Å²) in [5, 5.41) is 12.8. The molecule has 0 bridgehead atoms. The van der Waals surface area contributed by atoms with Crippen LogP contribution in [0.25, 0.3) is 0 Å². The summed E-state index contributed by atoms with van der Waals surface area (Å²) in [7, 11) is 0. The summed E-state index contributed by atoms with van der Waals surface area (Å²) >= 11 is 0. The monoisotopic (exact) mass is 276 g/mol. The van der Waals surface area contributed by atoms with Crippen LogP contribution in [0.15, 0.2) is 30.5 Å². The lowest BCUT2D eigenvalue weighted by atomic mass is 10.1. The standard InChI is InChI=1S/C16H24N2O2/c1-4-20-16-11-13(5-6-15(16)17-12(2)3)18-9-7-14(19)8-10-18/h5-6,11,14,17,19H,2,4,7-10H2,1,3H3. The van der Waals surface area contributed by atoms with Crippen LogP contribution in [0.2, 0.25) is 0 Å². The van der Waals surface area contributed by atoms with E-state index in [1.54, 1.807) is 0 Å². The molecule has 0 amide bonds. The van der Waals surface area contributed by atoms with Crippen LogP contribution in [-0.2, 0) is 0 Å². The lowest BCUT2D eigenvalue weighted by Gasteiger charge is -2.32. The van der Waals surface area contributed by atoms with Crippen LogP contribution in [0, 0.1) is 0 Å². The van der Waals surface area contributed by atoms with Gasteiger partial charge in [-0.3, -0.25) is 0 Å². The molecule has 20 heavy (non-hydrogen) atoms. The highest BCUT2D eigenvalue weighted by molar-refractivity contribution is 5.66. The Morgan fingerprint density at radius 3 is 2.75 bits per heavy atom. The van der Waals surface area contributed by atoms with Gasteiger partial charge >= 0.3 is 0 Å². The number of ether oxygens (including phenoxy) is 1. The second kappa shape index (κ2) is 6.66. The zero-order chi connectivity index (χ0) is 14.5. The Bertz CT molecular complexity index is 466. The predicted molar refractivity (Wildman–Crippen MR) is 83.5 cm³/mol. The minimum Gasteiger partial charge on any atom is -0.492 e. The van der Waals surface area contributed by atoms with E-state index in [4.69, 9.17) is 4.74 Å². The number of benzene rings is 1. The predicted octanol–water partition coefficient (Wildman–Crippen LogP) is 2.99. The Kier molecular flexibility index (Phi) is 4.90. The summed E-state index contributed by atoms with van der Waals surface area (Å²) in [5.41, 5.74) is 2.98. The maximum atomic E-state index is 9.58. The van der Waals surface area contributed by atoms with Gasteiger partial charge in [0.05, 0.1) is 18.4 Å². The fourth-order valence-corrected chi connectivity index (χ4v) is 2.44. The molecule has 4 heteroatoms. The number of nitrogens with zero attached hydrogens (tertiary/aromatic N) is 1. The third-order valence-corrected chi connectivity index (χ3v) is 3.44. The summed E-state index contributed by atoms with van der Waals surface area (Å²) in [6.07, 6.45) is 1.51. The van der Waals surface area contributed by atoms with Crippen molar-refractivity contribution in [3.63, 3.8) is 0 Å². The van der Waals surface area contributed by atoms with Crippen LogP contribution in [-0.4, -0.2) is 30.9 Å². The van der Waals surface area contributed by atoms with Crippen LogP contribution in [0.4, 0.5) is 11.4 Å². The third-order valence-electron chi connectivity index (χ3n) is 3.44. The van der Waals surface area contributed by atoms with Gasteiger partial charge in [-0.15, -0.1) is 0 Å². The summed E-state index contributed by atoms with van der Waals surface area (Å²) in [4.78, 5) is 2.29. The lowest BCUT2D eigenvalue weighted by Crippen LogP contribution is -2.35. The average molecular weight is 276 g/mol. The maximum Gasteiger partial charge on any atom is 0.144 e. The SMILES string of the molecule is C=C(C)Nc1ccc(N2CCC(O)CC2)cc1OCC. The van der Waals surface area contributed by atoms with Crippen LogP contribution in [0.1, 0.15) is 26.7 Å². The third kappa shape index (κ3) is 3.67. The molecule has 1 saturated heterocycles. The molecule has 0 spiro atoms. The smallest absolute Gasteiger partial charge is 0.144 e. The fourth-order valence-electron chi connectivity index (χ4n) is 2.44. The number of nitrogens with one attached hydrogen (secondary N) is 1. The summed E-state index contributed by atoms with van der Waals surface area (Å²) in [5.74, 6) is 0.846.